The smallest absolute Gasteiger partial charge is 0.347 e. The number of aromatic nitrogens is 1. The van der Waals surface area contributed by atoms with Crippen LogP contribution in [0, 0.1) is 0 Å². The van der Waals surface area contributed by atoms with E-state index in [-0.39, 0.29) is 6.61 Å². The molecule has 0 amide bonds. The second-order valence-electron chi connectivity index (χ2n) is 5.15. The van der Waals surface area contributed by atoms with Crippen LogP contribution in [0.3, 0.4) is 0 Å². The number of thiazole rings is 1. The van der Waals surface area contributed by atoms with E-state index in [1.165, 1.54) is 11.3 Å². The summed E-state index contributed by atoms with van der Waals surface area (Å²) in [4.78, 5) is 20.8. The molecule has 1 aromatic rings. The van der Waals surface area contributed by atoms with Crippen LogP contribution in [-0.2, 0) is 17.8 Å². The molecule has 7 heteroatoms. The number of ether oxygens (including phenoxy) is 1. The number of piperazine rings is 1. The number of aromatic carboxylic acids is 1. The number of hydrogen-bond donors (Lipinski definition) is 1. The fourth-order valence-corrected chi connectivity index (χ4v) is 3.39. The Kier molecular flexibility index (Phi) is 6.10. The highest BCUT2D eigenvalue weighted by atomic mass is 32.1. The van der Waals surface area contributed by atoms with E-state index < -0.39 is 5.97 Å². The molecule has 0 aliphatic carbocycles. The van der Waals surface area contributed by atoms with Crippen molar-refractivity contribution in [1.82, 2.24) is 14.8 Å². The summed E-state index contributed by atoms with van der Waals surface area (Å²) < 4.78 is 5.02. The van der Waals surface area contributed by atoms with E-state index in [0.717, 1.165) is 50.7 Å². The Labute approximate surface area is 129 Å². The minimum absolute atomic E-state index is 0.257. The van der Waals surface area contributed by atoms with E-state index in [2.05, 4.69) is 21.7 Å². The van der Waals surface area contributed by atoms with Crippen LogP contribution in [0.5, 0.6) is 0 Å². The predicted octanol–water partition coefficient (Wildman–Crippen LogP) is 1.17. The first kappa shape index (κ1) is 16.4. The van der Waals surface area contributed by atoms with Crippen LogP contribution in [-0.4, -0.2) is 72.2 Å². The van der Waals surface area contributed by atoms with Crippen molar-refractivity contribution in [2.24, 2.45) is 0 Å². The van der Waals surface area contributed by atoms with Crippen molar-refractivity contribution >= 4 is 17.3 Å². The van der Waals surface area contributed by atoms with E-state index in [4.69, 9.17) is 4.74 Å². The van der Waals surface area contributed by atoms with Gasteiger partial charge in [0.25, 0.3) is 0 Å². The molecular formula is C14H23N3O3S. The SMILES string of the molecule is CCN1CCN(CCc2nc(COC)c(C(=O)O)s2)CC1. The molecule has 0 aromatic carbocycles. The lowest BCUT2D eigenvalue weighted by Gasteiger charge is -2.33. The lowest BCUT2D eigenvalue weighted by Crippen LogP contribution is -2.46. The quantitative estimate of drug-likeness (QED) is 0.815. The molecule has 0 saturated carbocycles. The van der Waals surface area contributed by atoms with Crippen molar-refractivity contribution in [3.63, 3.8) is 0 Å². The highest BCUT2D eigenvalue weighted by Crippen LogP contribution is 2.20. The third-order valence-corrected chi connectivity index (χ3v) is 4.92. The Bertz CT molecular complexity index is 470. The molecule has 0 unspecified atom stereocenters. The van der Waals surface area contributed by atoms with E-state index in [1.54, 1.807) is 7.11 Å². The lowest BCUT2D eigenvalue weighted by atomic mass is 10.3. The number of carboxylic acid groups (broad SMARTS) is 1. The van der Waals surface area contributed by atoms with Crippen LogP contribution in [0.1, 0.15) is 27.3 Å². The zero-order chi connectivity index (χ0) is 15.2. The first-order valence-corrected chi connectivity index (χ1v) is 8.11. The summed E-state index contributed by atoms with van der Waals surface area (Å²) >= 11 is 1.27. The fraction of sp³-hybridized carbons (Fsp3) is 0.714. The van der Waals surface area contributed by atoms with Crippen LogP contribution in [0.15, 0.2) is 0 Å². The molecule has 0 spiro atoms. The molecule has 0 atom stereocenters. The van der Waals surface area contributed by atoms with Crippen LogP contribution in [0.25, 0.3) is 0 Å². The molecule has 21 heavy (non-hydrogen) atoms. The predicted molar refractivity (Wildman–Crippen MR) is 82.0 cm³/mol. The first-order chi connectivity index (χ1) is 10.1. The number of carboxylic acids is 1. The number of carbonyl (C=O) groups is 1. The monoisotopic (exact) mass is 313 g/mol. The third kappa shape index (κ3) is 4.47. The molecular weight excluding hydrogens is 290 g/mol. The van der Waals surface area contributed by atoms with Crippen LogP contribution >= 0.6 is 11.3 Å². The number of nitrogens with zero attached hydrogens (tertiary/aromatic N) is 3. The summed E-state index contributed by atoms with van der Waals surface area (Å²) in [6.45, 7) is 8.89. The minimum Gasteiger partial charge on any atom is -0.477 e. The van der Waals surface area contributed by atoms with Gasteiger partial charge in [0.05, 0.1) is 17.3 Å². The third-order valence-electron chi connectivity index (χ3n) is 3.77. The van der Waals surface area contributed by atoms with Gasteiger partial charge < -0.3 is 19.6 Å². The number of methoxy groups -OCH3 is 1. The number of rotatable bonds is 7. The Morgan fingerprint density at radius 3 is 2.57 bits per heavy atom. The van der Waals surface area contributed by atoms with Gasteiger partial charge in [0.1, 0.15) is 4.88 Å². The van der Waals surface area contributed by atoms with Crippen molar-refractivity contribution < 1.29 is 14.6 Å². The van der Waals surface area contributed by atoms with Crippen LogP contribution in [0.4, 0.5) is 0 Å². The van der Waals surface area contributed by atoms with Gasteiger partial charge in [0.2, 0.25) is 0 Å². The van der Waals surface area contributed by atoms with Gasteiger partial charge in [-0.25, -0.2) is 9.78 Å². The van der Waals surface area contributed by atoms with Crippen molar-refractivity contribution in [1.29, 1.82) is 0 Å². The summed E-state index contributed by atoms with van der Waals surface area (Å²) in [6.07, 6.45) is 0.806. The second kappa shape index (κ2) is 7.84. The zero-order valence-electron chi connectivity index (χ0n) is 12.7. The topological polar surface area (TPSA) is 65.9 Å². The number of hydrogen-bond acceptors (Lipinski definition) is 6. The summed E-state index contributed by atoms with van der Waals surface area (Å²) in [5.41, 5.74) is 0.542. The van der Waals surface area contributed by atoms with Gasteiger partial charge in [-0.2, -0.15) is 0 Å². The highest BCUT2D eigenvalue weighted by molar-refractivity contribution is 7.13. The Morgan fingerprint density at radius 1 is 1.33 bits per heavy atom. The fourth-order valence-electron chi connectivity index (χ4n) is 2.49. The summed E-state index contributed by atoms with van der Waals surface area (Å²) in [5, 5.41) is 10.1. The molecule has 2 heterocycles. The molecule has 1 N–H and O–H groups in total. The molecule has 1 saturated heterocycles. The Balaban J connectivity index is 1.88. The van der Waals surface area contributed by atoms with E-state index in [9.17, 15) is 9.90 Å². The van der Waals surface area contributed by atoms with Crippen molar-refractivity contribution in [2.45, 2.75) is 20.0 Å². The van der Waals surface area contributed by atoms with Crippen molar-refractivity contribution in [3.05, 3.63) is 15.6 Å². The molecule has 2 rings (SSSR count). The molecule has 0 bridgehead atoms. The number of likely N-dealkylation sites (N-methyl/N-ethyl adjacent to an activating group) is 1. The summed E-state index contributed by atoms with van der Waals surface area (Å²) in [5.74, 6) is -0.914. The van der Waals surface area contributed by atoms with Gasteiger partial charge in [0, 0.05) is 46.3 Å². The van der Waals surface area contributed by atoms with Crippen LogP contribution < -0.4 is 0 Å². The van der Waals surface area contributed by atoms with Gasteiger partial charge in [0.15, 0.2) is 0 Å². The van der Waals surface area contributed by atoms with Crippen molar-refractivity contribution in [2.75, 3.05) is 46.4 Å². The maximum atomic E-state index is 11.2. The van der Waals surface area contributed by atoms with Gasteiger partial charge in [-0.3, -0.25) is 0 Å². The first-order valence-electron chi connectivity index (χ1n) is 7.29. The second-order valence-corrected chi connectivity index (χ2v) is 6.23. The van der Waals surface area contributed by atoms with E-state index in [0.29, 0.717) is 10.6 Å². The molecule has 0 radical (unpaired) electrons. The molecule has 1 aliphatic heterocycles. The van der Waals surface area contributed by atoms with Gasteiger partial charge in [-0.05, 0) is 6.54 Å². The Morgan fingerprint density at radius 2 is 2.00 bits per heavy atom. The van der Waals surface area contributed by atoms with Gasteiger partial charge in [-0.1, -0.05) is 6.92 Å². The standard InChI is InChI=1S/C14H23N3O3S/c1-3-16-6-8-17(9-7-16)5-4-12-15-11(10-20-2)13(21-12)14(18)19/h3-10H2,1-2H3,(H,18,19). The molecule has 1 aliphatic rings. The highest BCUT2D eigenvalue weighted by Gasteiger charge is 2.19. The molecule has 1 aromatic heterocycles. The van der Waals surface area contributed by atoms with E-state index in [1.807, 2.05) is 0 Å². The normalized spacial score (nSPS) is 17.2. The molecule has 118 valence electrons. The molecule has 6 nitrogen and oxygen atoms in total. The Hall–Kier alpha value is -1.02. The average Bonchev–Trinajstić information content (AvgIpc) is 2.89. The molecule has 1 fully saturated rings. The minimum atomic E-state index is -0.914. The largest absolute Gasteiger partial charge is 0.477 e. The lowest BCUT2D eigenvalue weighted by molar-refractivity contribution is 0.0697. The maximum absolute atomic E-state index is 11.2. The summed E-state index contributed by atoms with van der Waals surface area (Å²) in [6, 6.07) is 0. The van der Waals surface area contributed by atoms with E-state index >= 15 is 0 Å². The van der Waals surface area contributed by atoms with Gasteiger partial charge >= 0.3 is 5.97 Å². The zero-order valence-corrected chi connectivity index (χ0v) is 13.5. The average molecular weight is 313 g/mol. The van der Waals surface area contributed by atoms with Crippen LogP contribution in [0.2, 0.25) is 0 Å². The van der Waals surface area contributed by atoms with Crippen molar-refractivity contribution in [3.8, 4) is 0 Å². The van der Waals surface area contributed by atoms with Gasteiger partial charge in [-0.15, -0.1) is 11.3 Å². The summed E-state index contributed by atoms with van der Waals surface area (Å²) in [7, 11) is 1.55. The maximum Gasteiger partial charge on any atom is 0.347 e.